The minimum Gasteiger partial charge on any atom is -0.313 e. The van der Waals surface area contributed by atoms with Crippen LogP contribution in [0.5, 0.6) is 0 Å². The Hall–Kier alpha value is -2.42. The molecule has 21 heavy (non-hydrogen) atoms. The number of anilines is 1. The average molecular weight is 278 g/mol. The van der Waals surface area contributed by atoms with Crippen LogP contribution in [0, 0.1) is 6.92 Å². The number of likely N-dealkylation sites (N-methyl/N-ethyl adjacent to an activating group) is 1. The van der Waals surface area contributed by atoms with E-state index in [1.807, 2.05) is 50.4 Å². The second-order valence-corrected chi connectivity index (χ2v) is 5.38. The number of para-hydroxylation sites is 1. The molecule has 1 heterocycles. The van der Waals surface area contributed by atoms with E-state index in [0.29, 0.717) is 0 Å². The molecule has 0 aliphatic carbocycles. The number of hydrogen-bond donors (Lipinski definition) is 0. The summed E-state index contributed by atoms with van der Waals surface area (Å²) in [5.74, 6) is 0.0195. The Balaban J connectivity index is 2.28. The molecule has 0 N–H and O–H groups in total. The smallest absolute Gasteiger partial charge is 0.251 e. The quantitative estimate of drug-likeness (QED) is 0.788. The summed E-state index contributed by atoms with van der Waals surface area (Å²) in [6, 6.07) is 15.7. The molecule has 3 rings (SSSR count). The van der Waals surface area contributed by atoms with Crippen LogP contribution in [0.3, 0.4) is 0 Å². The first-order chi connectivity index (χ1) is 10.1. The minimum atomic E-state index is -0.378. The highest BCUT2D eigenvalue weighted by atomic mass is 16.2. The predicted molar refractivity (Wildman–Crippen MR) is 86.1 cm³/mol. The zero-order valence-electron chi connectivity index (χ0n) is 12.5. The van der Waals surface area contributed by atoms with Crippen molar-refractivity contribution in [1.82, 2.24) is 0 Å². The van der Waals surface area contributed by atoms with Crippen molar-refractivity contribution < 1.29 is 4.79 Å². The summed E-state index contributed by atoms with van der Waals surface area (Å²) in [5.41, 5.74) is 5.06. The van der Waals surface area contributed by atoms with Crippen molar-refractivity contribution in [3.05, 3.63) is 65.2 Å². The standard InChI is InChI=1S/C18H18N2O/c1-12-8-4-5-9-14(12)17-15-10-6-7-11-16(15)20(3)18(21)13(2)19-17/h4-11,13H,1-3H3. The number of benzene rings is 2. The Labute approximate surface area is 124 Å². The van der Waals surface area contributed by atoms with Crippen LogP contribution in [-0.4, -0.2) is 24.7 Å². The second kappa shape index (κ2) is 5.17. The molecule has 0 saturated carbocycles. The molecule has 3 nitrogen and oxygen atoms in total. The third-order valence-electron chi connectivity index (χ3n) is 3.93. The molecule has 1 amide bonds. The van der Waals surface area contributed by atoms with Crippen molar-refractivity contribution >= 4 is 17.3 Å². The van der Waals surface area contributed by atoms with Crippen LogP contribution in [0.4, 0.5) is 5.69 Å². The number of rotatable bonds is 1. The number of nitrogens with zero attached hydrogens (tertiary/aromatic N) is 2. The van der Waals surface area contributed by atoms with Gasteiger partial charge in [-0.3, -0.25) is 9.79 Å². The van der Waals surface area contributed by atoms with E-state index in [4.69, 9.17) is 4.99 Å². The number of amides is 1. The highest BCUT2D eigenvalue weighted by molar-refractivity contribution is 6.20. The Morgan fingerprint density at radius 1 is 1.00 bits per heavy atom. The van der Waals surface area contributed by atoms with Crippen LogP contribution in [0.1, 0.15) is 23.6 Å². The fourth-order valence-electron chi connectivity index (χ4n) is 2.74. The lowest BCUT2D eigenvalue weighted by Gasteiger charge is -2.19. The molecule has 0 fully saturated rings. The van der Waals surface area contributed by atoms with Gasteiger partial charge in [-0.15, -0.1) is 0 Å². The summed E-state index contributed by atoms with van der Waals surface area (Å²) >= 11 is 0. The van der Waals surface area contributed by atoms with Gasteiger partial charge in [0.05, 0.1) is 11.4 Å². The largest absolute Gasteiger partial charge is 0.313 e. The number of carbonyl (C=O) groups excluding carboxylic acids is 1. The van der Waals surface area contributed by atoms with E-state index >= 15 is 0 Å². The van der Waals surface area contributed by atoms with Crippen LogP contribution >= 0.6 is 0 Å². The van der Waals surface area contributed by atoms with Gasteiger partial charge in [0, 0.05) is 18.2 Å². The molecule has 1 unspecified atom stereocenters. The van der Waals surface area contributed by atoms with Gasteiger partial charge in [-0.25, -0.2) is 0 Å². The molecule has 106 valence electrons. The highest BCUT2D eigenvalue weighted by Crippen LogP contribution is 2.28. The van der Waals surface area contributed by atoms with Crippen molar-refractivity contribution in [1.29, 1.82) is 0 Å². The zero-order valence-corrected chi connectivity index (χ0v) is 12.5. The molecule has 2 aromatic carbocycles. The molecular formula is C18H18N2O. The fourth-order valence-corrected chi connectivity index (χ4v) is 2.74. The maximum absolute atomic E-state index is 12.4. The fraction of sp³-hybridized carbons (Fsp3) is 0.222. The molecule has 1 aliphatic heterocycles. The van der Waals surface area contributed by atoms with Crippen molar-refractivity contribution in [2.75, 3.05) is 11.9 Å². The number of fused-ring (bicyclic) bond motifs is 1. The first kappa shape index (κ1) is 13.6. The van der Waals surface area contributed by atoms with E-state index in [2.05, 4.69) is 19.1 Å². The Bertz CT molecular complexity index is 734. The number of hydrogen-bond acceptors (Lipinski definition) is 2. The molecule has 0 bridgehead atoms. The molecule has 1 atom stereocenters. The van der Waals surface area contributed by atoms with Crippen LogP contribution in [0.2, 0.25) is 0 Å². The monoisotopic (exact) mass is 278 g/mol. The molecule has 3 heteroatoms. The van der Waals surface area contributed by atoms with Gasteiger partial charge >= 0.3 is 0 Å². The predicted octanol–water partition coefficient (Wildman–Crippen LogP) is 3.20. The lowest BCUT2D eigenvalue weighted by molar-refractivity contribution is -0.119. The van der Waals surface area contributed by atoms with Crippen LogP contribution in [0.15, 0.2) is 53.5 Å². The van der Waals surface area contributed by atoms with Gasteiger partial charge < -0.3 is 4.90 Å². The number of aliphatic imine (C=N–C) groups is 1. The van der Waals surface area contributed by atoms with E-state index in [1.54, 1.807) is 4.90 Å². The van der Waals surface area contributed by atoms with E-state index in [9.17, 15) is 4.79 Å². The Morgan fingerprint density at radius 2 is 1.62 bits per heavy atom. The molecular weight excluding hydrogens is 260 g/mol. The van der Waals surface area contributed by atoms with E-state index < -0.39 is 0 Å². The summed E-state index contributed by atoms with van der Waals surface area (Å²) in [6.45, 7) is 3.92. The number of aryl methyl sites for hydroxylation is 1. The van der Waals surface area contributed by atoms with E-state index in [0.717, 1.165) is 28.1 Å². The topological polar surface area (TPSA) is 32.7 Å². The molecule has 0 aromatic heterocycles. The van der Waals surface area contributed by atoms with Gasteiger partial charge in [0.2, 0.25) is 0 Å². The summed E-state index contributed by atoms with van der Waals surface area (Å²) in [5, 5.41) is 0. The lowest BCUT2D eigenvalue weighted by atomic mass is 9.97. The summed E-state index contributed by atoms with van der Waals surface area (Å²) in [4.78, 5) is 18.8. The molecule has 0 saturated heterocycles. The maximum Gasteiger partial charge on any atom is 0.251 e. The summed E-state index contributed by atoms with van der Waals surface area (Å²) in [6.07, 6.45) is 0. The number of benzodiazepines with no additional fused rings is 1. The second-order valence-electron chi connectivity index (χ2n) is 5.38. The third-order valence-corrected chi connectivity index (χ3v) is 3.93. The van der Waals surface area contributed by atoms with E-state index in [1.165, 1.54) is 0 Å². The highest BCUT2D eigenvalue weighted by Gasteiger charge is 2.27. The average Bonchev–Trinajstić information content (AvgIpc) is 2.59. The first-order valence-electron chi connectivity index (χ1n) is 7.10. The molecule has 2 aromatic rings. The maximum atomic E-state index is 12.4. The summed E-state index contributed by atoms with van der Waals surface area (Å²) in [7, 11) is 1.81. The number of carbonyl (C=O) groups is 1. The van der Waals surface area contributed by atoms with Crippen molar-refractivity contribution in [2.24, 2.45) is 4.99 Å². The molecule has 1 aliphatic rings. The minimum absolute atomic E-state index is 0.0195. The van der Waals surface area contributed by atoms with Gasteiger partial charge in [-0.05, 0) is 25.5 Å². The third kappa shape index (κ3) is 2.25. The summed E-state index contributed by atoms with van der Waals surface area (Å²) < 4.78 is 0. The van der Waals surface area contributed by atoms with Crippen molar-refractivity contribution in [3.63, 3.8) is 0 Å². The first-order valence-corrected chi connectivity index (χ1v) is 7.10. The van der Waals surface area contributed by atoms with Gasteiger partial charge in [0.25, 0.3) is 5.91 Å². The van der Waals surface area contributed by atoms with Crippen LogP contribution in [-0.2, 0) is 4.79 Å². The Kier molecular flexibility index (Phi) is 3.34. The van der Waals surface area contributed by atoms with Crippen LogP contribution in [0.25, 0.3) is 0 Å². The van der Waals surface area contributed by atoms with Gasteiger partial charge in [-0.2, -0.15) is 0 Å². The Morgan fingerprint density at radius 3 is 2.33 bits per heavy atom. The zero-order chi connectivity index (χ0) is 15.0. The van der Waals surface area contributed by atoms with E-state index in [-0.39, 0.29) is 11.9 Å². The van der Waals surface area contributed by atoms with Crippen molar-refractivity contribution in [3.8, 4) is 0 Å². The molecule has 0 radical (unpaired) electrons. The van der Waals surface area contributed by atoms with Gasteiger partial charge in [0.1, 0.15) is 6.04 Å². The normalized spacial score (nSPS) is 18.0. The van der Waals surface area contributed by atoms with Crippen molar-refractivity contribution in [2.45, 2.75) is 19.9 Å². The SMILES string of the molecule is Cc1ccccc1C1=NC(C)C(=O)N(C)c2ccccc21. The van der Waals surface area contributed by atoms with Gasteiger partial charge in [-0.1, -0.05) is 42.5 Å². The van der Waals surface area contributed by atoms with Gasteiger partial charge in [0.15, 0.2) is 0 Å². The lowest BCUT2D eigenvalue weighted by Crippen LogP contribution is -2.32. The molecule has 0 spiro atoms. The van der Waals surface area contributed by atoms with Crippen LogP contribution < -0.4 is 4.90 Å².